The van der Waals surface area contributed by atoms with Gasteiger partial charge < -0.3 is 4.57 Å². The second-order valence-corrected chi connectivity index (χ2v) is 12.1. The summed E-state index contributed by atoms with van der Waals surface area (Å²) in [5, 5.41) is 1.53. The Labute approximate surface area is 203 Å². The minimum Gasteiger partial charge on any atom is -0.313 e. The molecule has 172 valence electrons. The van der Waals surface area contributed by atoms with Crippen LogP contribution in [-0.4, -0.2) is 22.6 Å². The normalized spacial score (nSPS) is 31.7. The van der Waals surface area contributed by atoms with Crippen molar-refractivity contribution in [3.63, 3.8) is 0 Å². The van der Waals surface area contributed by atoms with Crippen molar-refractivity contribution in [3.05, 3.63) is 64.8 Å². The lowest BCUT2D eigenvalue weighted by Crippen LogP contribution is -2.51. The van der Waals surface area contributed by atoms with Gasteiger partial charge in [-0.15, -0.1) is 12.4 Å². The van der Waals surface area contributed by atoms with E-state index in [4.69, 9.17) is 0 Å². The van der Waals surface area contributed by atoms with Crippen LogP contribution in [-0.2, 0) is 25.8 Å². The van der Waals surface area contributed by atoms with Crippen LogP contribution in [0.15, 0.2) is 42.5 Å². The molecular weight excluding hydrogens is 424 g/mol. The lowest BCUT2D eigenvalue weighted by Gasteiger charge is -2.58. The first-order valence-electron chi connectivity index (χ1n) is 13.2. The van der Waals surface area contributed by atoms with Crippen molar-refractivity contribution in [1.82, 2.24) is 9.47 Å². The molecule has 33 heavy (non-hydrogen) atoms. The first-order valence-corrected chi connectivity index (χ1v) is 13.2. The molecule has 0 unspecified atom stereocenters. The van der Waals surface area contributed by atoms with E-state index < -0.39 is 0 Å². The van der Waals surface area contributed by atoms with Gasteiger partial charge in [-0.25, -0.2) is 0 Å². The molecule has 2 nitrogen and oxygen atoms in total. The first kappa shape index (κ1) is 20.6. The largest absolute Gasteiger partial charge is 0.313 e. The summed E-state index contributed by atoms with van der Waals surface area (Å²) in [5.74, 6) is 3.17. The fraction of sp³-hybridized carbons (Fsp3) is 0.533. The molecule has 0 spiro atoms. The highest BCUT2D eigenvalue weighted by atomic mass is 35.5. The van der Waals surface area contributed by atoms with Crippen molar-refractivity contribution in [3.8, 4) is 5.69 Å². The van der Waals surface area contributed by atoms with Crippen molar-refractivity contribution in [2.24, 2.45) is 23.2 Å². The molecule has 4 fully saturated rings. The Kier molecular flexibility index (Phi) is 4.59. The van der Waals surface area contributed by atoms with Crippen LogP contribution in [0.3, 0.4) is 0 Å². The van der Waals surface area contributed by atoms with Gasteiger partial charge in [0.05, 0.1) is 5.52 Å². The third kappa shape index (κ3) is 3.03. The lowest BCUT2D eigenvalue weighted by molar-refractivity contribution is -0.0708. The Morgan fingerprint density at radius 2 is 1.48 bits per heavy atom. The van der Waals surface area contributed by atoms with Crippen LogP contribution in [0.4, 0.5) is 0 Å². The van der Waals surface area contributed by atoms with Crippen LogP contribution in [0.2, 0.25) is 0 Å². The fourth-order valence-corrected chi connectivity index (χ4v) is 9.30. The Hall–Kier alpha value is -1.77. The molecule has 1 aromatic heterocycles. The molecule has 3 heterocycles. The molecule has 0 radical (unpaired) electrons. The zero-order valence-corrected chi connectivity index (χ0v) is 20.4. The number of aryl methyl sites for hydroxylation is 2. The number of hydrogen-bond acceptors (Lipinski definition) is 1. The van der Waals surface area contributed by atoms with Crippen molar-refractivity contribution >= 4 is 23.3 Å². The van der Waals surface area contributed by atoms with Crippen molar-refractivity contribution in [2.45, 2.75) is 64.3 Å². The predicted molar refractivity (Wildman–Crippen MR) is 138 cm³/mol. The molecule has 0 amide bonds. The number of nitrogens with zero attached hydrogens (tertiary/aromatic N) is 2. The summed E-state index contributed by atoms with van der Waals surface area (Å²) in [6.07, 6.45) is 12.8. The third-order valence-corrected chi connectivity index (χ3v) is 9.95. The molecule has 0 saturated heterocycles. The Bertz CT molecular complexity index is 1200. The van der Waals surface area contributed by atoms with Crippen LogP contribution in [0.5, 0.6) is 0 Å². The minimum atomic E-state index is 0. The Balaban J connectivity index is 0.00000190. The Morgan fingerprint density at radius 3 is 2.27 bits per heavy atom. The average Bonchev–Trinajstić information content (AvgIpc) is 3.00. The van der Waals surface area contributed by atoms with E-state index in [1.165, 1.54) is 60.9 Å². The van der Waals surface area contributed by atoms with Gasteiger partial charge in [0.2, 0.25) is 0 Å². The maximum absolute atomic E-state index is 2.86. The highest BCUT2D eigenvalue weighted by Gasteiger charge is 2.51. The van der Waals surface area contributed by atoms with Gasteiger partial charge in [0.1, 0.15) is 0 Å². The molecule has 0 N–H and O–H groups in total. The quantitative estimate of drug-likeness (QED) is 0.413. The van der Waals surface area contributed by atoms with E-state index in [2.05, 4.69) is 51.9 Å². The van der Waals surface area contributed by atoms with Crippen molar-refractivity contribution < 1.29 is 0 Å². The molecule has 2 aromatic carbocycles. The average molecular weight is 459 g/mol. The Morgan fingerprint density at radius 1 is 0.788 bits per heavy atom. The molecule has 4 aliphatic carbocycles. The second-order valence-electron chi connectivity index (χ2n) is 12.1. The zero-order valence-electron chi connectivity index (χ0n) is 19.6. The summed E-state index contributed by atoms with van der Waals surface area (Å²) in [7, 11) is 0. The van der Waals surface area contributed by atoms with E-state index in [-0.39, 0.29) is 12.4 Å². The SMILES string of the molecule is Cl.c1ccc2c(c1)CCc1cccc3c4c(n-2c13)CCN(CC12CC3CC(CC(C3)C1)C2)C4. The summed E-state index contributed by atoms with van der Waals surface area (Å²) in [4.78, 5) is 2.86. The molecule has 6 aliphatic rings. The van der Waals surface area contributed by atoms with Crippen LogP contribution >= 0.6 is 12.4 Å². The van der Waals surface area contributed by atoms with Crippen LogP contribution in [0, 0.1) is 23.2 Å². The van der Waals surface area contributed by atoms with Crippen molar-refractivity contribution in [2.75, 3.05) is 13.1 Å². The van der Waals surface area contributed by atoms with Gasteiger partial charge in [-0.3, -0.25) is 4.90 Å². The molecule has 3 aromatic rings. The van der Waals surface area contributed by atoms with Gasteiger partial charge in [0.25, 0.3) is 0 Å². The molecule has 4 bridgehead atoms. The van der Waals surface area contributed by atoms with E-state index in [9.17, 15) is 0 Å². The molecule has 9 rings (SSSR count). The van der Waals surface area contributed by atoms with E-state index in [0.717, 1.165) is 37.1 Å². The number of rotatable bonds is 2. The number of halogens is 1. The molecular formula is C30H35ClN2. The van der Waals surface area contributed by atoms with E-state index >= 15 is 0 Å². The van der Waals surface area contributed by atoms with Gasteiger partial charge >= 0.3 is 0 Å². The summed E-state index contributed by atoms with van der Waals surface area (Å²) in [6, 6.07) is 16.3. The van der Waals surface area contributed by atoms with Crippen LogP contribution in [0.1, 0.15) is 60.9 Å². The maximum atomic E-state index is 2.86. The maximum Gasteiger partial charge on any atom is 0.0567 e. The molecule has 4 saturated carbocycles. The van der Waals surface area contributed by atoms with Crippen LogP contribution in [0.25, 0.3) is 16.6 Å². The van der Waals surface area contributed by atoms with E-state index in [1.807, 2.05) is 0 Å². The monoisotopic (exact) mass is 458 g/mol. The molecule has 2 aliphatic heterocycles. The topological polar surface area (TPSA) is 8.17 Å². The molecule has 3 heteroatoms. The van der Waals surface area contributed by atoms with E-state index in [0.29, 0.717) is 5.41 Å². The van der Waals surface area contributed by atoms with E-state index in [1.54, 1.807) is 36.1 Å². The zero-order chi connectivity index (χ0) is 20.9. The first-order chi connectivity index (χ1) is 15.7. The van der Waals surface area contributed by atoms with Gasteiger partial charge in [-0.1, -0.05) is 36.4 Å². The summed E-state index contributed by atoms with van der Waals surface area (Å²) in [6.45, 7) is 3.76. The van der Waals surface area contributed by atoms with Crippen molar-refractivity contribution in [1.29, 1.82) is 0 Å². The number of aromatic nitrogens is 1. The molecule has 0 atom stereocenters. The number of para-hydroxylation sites is 2. The van der Waals surface area contributed by atoms with Gasteiger partial charge in [-0.2, -0.15) is 0 Å². The van der Waals surface area contributed by atoms with Gasteiger partial charge in [0.15, 0.2) is 0 Å². The van der Waals surface area contributed by atoms with Gasteiger partial charge in [-0.05, 0) is 97.3 Å². The number of hydrogen-bond donors (Lipinski definition) is 0. The van der Waals surface area contributed by atoms with Gasteiger partial charge in [0, 0.05) is 42.8 Å². The fourth-order valence-electron chi connectivity index (χ4n) is 9.30. The summed E-state index contributed by atoms with van der Waals surface area (Å²) < 4.78 is 2.67. The standard InChI is InChI=1S/C30H34N2.ClH/c1-2-7-27-23(4-1)8-9-24-5-3-6-25-26-18-31(11-10-28(26)32(27)29(24)25)19-30-15-20-12-21(16-30)14-22(13-20)17-30;/h1-7,20-22H,8-19H2;1H. The highest BCUT2D eigenvalue weighted by Crippen LogP contribution is 2.60. The summed E-state index contributed by atoms with van der Waals surface area (Å²) in [5.41, 5.74) is 9.89. The lowest BCUT2D eigenvalue weighted by atomic mass is 9.49. The summed E-state index contributed by atoms with van der Waals surface area (Å²) >= 11 is 0. The number of fused-ring (bicyclic) bond motifs is 5. The number of benzene rings is 2. The predicted octanol–water partition coefficient (Wildman–Crippen LogP) is 6.73. The minimum absolute atomic E-state index is 0. The second kappa shape index (κ2) is 7.36. The third-order valence-electron chi connectivity index (χ3n) is 9.95. The smallest absolute Gasteiger partial charge is 0.0567 e. The van der Waals surface area contributed by atoms with Crippen LogP contribution < -0.4 is 0 Å². The highest BCUT2D eigenvalue weighted by molar-refractivity contribution is 5.91.